The lowest BCUT2D eigenvalue weighted by molar-refractivity contribution is 0.627. The Kier molecular flexibility index (Phi) is 4.65. The largest absolute Gasteiger partial charge is 0.207 e. The van der Waals surface area contributed by atoms with Gasteiger partial charge in [-0.25, -0.2) is 4.39 Å². The fourth-order valence-corrected chi connectivity index (χ4v) is 2.41. The Bertz CT molecular complexity index is 522. The molecule has 0 bridgehead atoms. The Morgan fingerprint density at radius 1 is 0.833 bits per heavy atom. The summed E-state index contributed by atoms with van der Waals surface area (Å²) >= 11 is 14.1. The van der Waals surface area contributed by atoms with Crippen LogP contribution in [0.1, 0.15) is 11.1 Å². The zero-order valence-electron chi connectivity index (χ0n) is 9.13. The smallest absolute Gasteiger partial charge is 0.123 e. The fourth-order valence-electron chi connectivity index (χ4n) is 1.62. The quantitative estimate of drug-likeness (QED) is 0.581. The molecular weight excluding hydrogens is 385 g/mol. The van der Waals surface area contributed by atoms with Crippen LogP contribution in [0.3, 0.4) is 0 Å². The van der Waals surface area contributed by atoms with Gasteiger partial charge in [0.05, 0.1) is 0 Å². The van der Waals surface area contributed by atoms with Crippen molar-refractivity contribution in [3.63, 3.8) is 0 Å². The van der Waals surface area contributed by atoms with Gasteiger partial charge in [0.15, 0.2) is 0 Å². The number of rotatable bonds is 2. The van der Waals surface area contributed by atoms with Crippen molar-refractivity contribution in [3.8, 4) is 0 Å². The third-order valence-corrected chi connectivity index (χ3v) is 3.55. The van der Waals surface area contributed by atoms with Crippen LogP contribution in [0.2, 0.25) is 0 Å². The van der Waals surface area contributed by atoms with Crippen LogP contribution in [-0.4, -0.2) is 0 Å². The number of hydrogen-bond donors (Lipinski definition) is 0. The van der Waals surface area contributed by atoms with Crippen LogP contribution in [0.5, 0.6) is 0 Å². The lowest BCUT2D eigenvalue weighted by Gasteiger charge is -2.09. The van der Waals surface area contributed by atoms with E-state index >= 15 is 0 Å². The molecule has 18 heavy (non-hydrogen) atoms. The molecule has 0 aliphatic heterocycles. The summed E-state index contributed by atoms with van der Waals surface area (Å²) in [6, 6.07) is 13.9. The second-order valence-corrected chi connectivity index (χ2v) is 5.84. The Hall–Kier alpha value is -0.580. The summed E-state index contributed by atoms with van der Waals surface area (Å²) in [5.74, 6) is -0.286. The zero-order chi connectivity index (χ0) is 13.1. The summed E-state index contributed by atoms with van der Waals surface area (Å²) in [5.41, 5.74) is 2.40. The van der Waals surface area contributed by atoms with E-state index in [2.05, 4.69) is 22.6 Å². The van der Waals surface area contributed by atoms with Gasteiger partial charge in [-0.3, -0.25) is 0 Å². The third-order valence-electron chi connectivity index (χ3n) is 2.45. The number of benzene rings is 2. The molecule has 0 saturated heterocycles. The maximum atomic E-state index is 12.9. The molecule has 2 aromatic carbocycles. The fraction of sp³-hybridized carbons (Fsp3) is 0. The van der Waals surface area contributed by atoms with Crippen molar-refractivity contribution in [1.29, 1.82) is 0 Å². The molecule has 0 aliphatic rings. The summed E-state index contributed by atoms with van der Waals surface area (Å²) in [6.07, 6.45) is 0. The minimum Gasteiger partial charge on any atom is -0.207 e. The van der Waals surface area contributed by atoms with Gasteiger partial charge in [-0.1, -0.05) is 47.5 Å². The van der Waals surface area contributed by atoms with Gasteiger partial charge in [-0.2, -0.15) is 0 Å². The third kappa shape index (κ3) is 3.25. The van der Waals surface area contributed by atoms with E-state index in [1.165, 1.54) is 12.1 Å². The van der Waals surface area contributed by atoms with Gasteiger partial charge in [0.25, 0.3) is 0 Å². The summed E-state index contributed by atoms with van der Waals surface area (Å²) in [4.78, 5) is 0. The van der Waals surface area contributed by atoms with Gasteiger partial charge < -0.3 is 0 Å². The van der Waals surface area contributed by atoms with Crippen LogP contribution in [0.15, 0.2) is 53.0 Å². The molecule has 0 aliphatic carbocycles. The molecule has 2 rings (SSSR count). The predicted molar refractivity (Wildman–Crippen MR) is 83.3 cm³/mol. The normalized spacial score (nSPS) is 10.2. The van der Waals surface area contributed by atoms with Gasteiger partial charge >= 0.3 is 0 Å². The standard InChI is InChI=1S/C14H8Cl2FI/c15-14(16)13(9-1-5-11(17)6-2-9)10-3-7-12(18)8-4-10/h1-8H. The molecule has 92 valence electrons. The molecular formula is C14H8Cl2FI. The van der Waals surface area contributed by atoms with E-state index in [9.17, 15) is 4.39 Å². The van der Waals surface area contributed by atoms with Gasteiger partial charge in [-0.05, 0) is 58.0 Å². The van der Waals surface area contributed by atoms with E-state index < -0.39 is 0 Å². The van der Waals surface area contributed by atoms with E-state index in [0.29, 0.717) is 5.57 Å². The maximum Gasteiger partial charge on any atom is 0.123 e. The molecule has 2 aromatic rings. The van der Waals surface area contributed by atoms with Crippen molar-refractivity contribution in [3.05, 3.63) is 73.5 Å². The molecule has 0 saturated carbocycles. The van der Waals surface area contributed by atoms with E-state index in [1.54, 1.807) is 12.1 Å². The van der Waals surface area contributed by atoms with E-state index in [4.69, 9.17) is 23.2 Å². The van der Waals surface area contributed by atoms with Crippen molar-refractivity contribution < 1.29 is 4.39 Å². The zero-order valence-corrected chi connectivity index (χ0v) is 12.8. The topological polar surface area (TPSA) is 0 Å². The SMILES string of the molecule is Fc1ccc(C(=C(Cl)Cl)c2ccc(I)cc2)cc1. The first-order chi connectivity index (χ1) is 8.58. The van der Waals surface area contributed by atoms with Crippen LogP contribution < -0.4 is 0 Å². The minimum absolute atomic E-state index is 0.169. The van der Waals surface area contributed by atoms with E-state index in [1.807, 2.05) is 24.3 Å². The maximum absolute atomic E-state index is 12.9. The first-order valence-electron chi connectivity index (χ1n) is 5.15. The van der Waals surface area contributed by atoms with Crippen LogP contribution in [0, 0.1) is 9.39 Å². The molecule has 0 aromatic heterocycles. The second-order valence-electron chi connectivity index (χ2n) is 3.65. The first kappa shape index (κ1) is 13.8. The molecule has 0 unspecified atom stereocenters. The van der Waals surface area contributed by atoms with Crippen molar-refractivity contribution in [2.75, 3.05) is 0 Å². The molecule has 0 radical (unpaired) electrons. The second kappa shape index (κ2) is 6.04. The monoisotopic (exact) mass is 392 g/mol. The first-order valence-corrected chi connectivity index (χ1v) is 6.98. The molecule has 4 heteroatoms. The molecule has 0 fully saturated rings. The van der Waals surface area contributed by atoms with E-state index in [-0.39, 0.29) is 10.3 Å². The van der Waals surface area contributed by atoms with E-state index in [0.717, 1.165) is 14.7 Å². The van der Waals surface area contributed by atoms with Gasteiger partial charge in [0.1, 0.15) is 10.3 Å². The molecule has 0 spiro atoms. The van der Waals surface area contributed by atoms with Crippen molar-refractivity contribution in [2.24, 2.45) is 0 Å². The predicted octanol–water partition coefficient (Wildman–Crippen LogP) is 5.62. The molecule has 0 nitrogen and oxygen atoms in total. The summed E-state index contributed by atoms with van der Waals surface area (Å²) in [6.45, 7) is 0. The molecule has 0 amide bonds. The van der Waals surface area contributed by atoms with Crippen LogP contribution in [-0.2, 0) is 0 Å². The average Bonchev–Trinajstić information content (AvgIpc) is 2.34. The average molecular weight is 393 g/mol. The highest BCUT2D eigenvalue weighted by molar-refractivity contribution is 14.1. The summed E-state index contributed by atoms with van der Waals surface area (Å²) in [7, 11) is 0. The lowest BCUT2D eigenvalue weighted by Crippen LogP contribution is -1.89. The van der Waals surface area contributed by atoms with Crippen molar-refractivity contribution >= 4 is 51.4 Å². The van der Waals surface area contributed by atoms with Crippen molar-refractivity contribution in [2.45, 2.75) is 0 Å². The highest BCUT2D eigenvalue weighted by atomic mass is 127. The Labute approximate surface area is 129 Å². The summed E-state index contributed by atoms with van der Waals surface area (Å²) in [5, 5.41) is 0. The molecule has 0 N–H and O–H groups in total. The van der Waals surface area contributed by atoms with Gasteiger partial charge in [-0.15, -0.1) is 0 Å². The summed E-state index contributed by atoms with van der Waals surface area (Å²) < 4.78 is 14.2. The molecule has 0 heterocycles. The van der Waals surface area contributed by atoms with Crippen LogP contribution in [0.25, 0.3) is 5.57 Å². The number of halogens is 4. The van der Waals surface area contributed by atoms with Crippen LogP contribution in [0.4, 0.5) is 4.39 Å². The Morgan fingerprint density at radius 2 is 1.28 bits per heavy atom. The highest BCUT2D eigenvalue weighted by Crippen LogP contribution is 2.31. The molecule has 0 atom stereocenters. The highest BCUT2D eigenvalue weighted by Gasteiger charge is 2.09. The number of hydrogen-bond acceptors (Lipinski definition) is 0. The lowest BCUT2D eigenvalue weighted by atomic mass is 10.00. The van der Waals surface area contributed by atoms with Crippen molar-refractivity contribution in [1.82, 2.24) is 0 Å². The van der Waals surface area contributed by atoms with Gasteiger partial charge in [0, 0.05) is 9.14 Å². The Morgan fingerprint density at radius 3 is 1.72 bits per heavy atom. The van der Waals surface area contributed by atoms with Crippen LogP contribution >= 0.6 is 45.8 Å². The Balaban J connectivity index is 2.51. The van der Waals surface area contributed by atoms with Gasteiger partial charge in [0.2, 0.25) is 0 Å². The minimum atomic E-state index is -0.286.